The van der Waals surface area contributed by atoms with Crippen LogP contribution < -0.4 is 4.74 Å². The first-order valence-corrected chi connectivity index (χ1v) is 11.3. The summed E-state index contributed by atoms with van der Waals surface area (Å²) in [6.45, 7) is 6.25. The molecule has 3 rings (SSSR count). The van der Waals surface area contributed by atoms with Gasteiger partial charge in [0.15, 0.2) is 16.4 Å². The second kappa shape index (κ2) is 8.35. The van der Waals surface area contributed by atoms with E-state index in [0.717, 1.165) is 22.3 Å². The van der Waals surface area contributed by atoms with Gasteiger partial charge in [0.25, 0.3) is 5.91 Å². The average molecular weight is 402 g/mol. The molecule has 1 aliphatic heterocycles. The smallest absolute Gasteiger partial charge is 0.261 e. The number of rotatable bonds is 6. The molecule has 2 aromatic carbocycles. The van der Waals surface area contributed by atoms with Crippen LogP contribution in [0, 0.1) is 20.8 Å². The summed E-state index contributed by atoms with van der Waals surface area (Å²) in [5.74, 6) is 0.646. The number of carbonyl (C=O) groups excluding carboxylic acids is 1. The van der Waals surface area contributed by atoms with Crippen molar-refractivity contribution < 1.29 is 17.9 Å². The maximum Gasteiger partial charge on any atom is 0.261 e. The Balaban J connectivity index is 1.76. The molecule has 28 heavy (non-hydrogen) atoms. The fourth-order valence-electron chi connectivity index (χ4n) is 3.44. The third-order valence-electron chi connectivity index (χ3n) is 5.35. The average Bonchev–Trinajstić information content (AvgIpc) is 3.01. The van der Waals surface area contributed by atoms with Crippen LogP contribution in [0.3, 0.4) is 0 Å². The summed E-state index contributed by atoms with van der Waals surface area (Å²) in [4.78, 5) is 14.7. The molecule has 2 aromatic rings. The molecule has 150 valence electrons. The highest BCUT2D eigenvalue weighted by Gasteiger charge is 2.34. The fraction of sp³-hybridized carbons (Fsp3) is 0.409. The second-order valence-electron chi connectivity index (χ2n) is 7.55. The standard InChI is InChI=1S/C22H27NO4S/c1-16-7-9-19(10-8-16)13-23(20-11-12-28(25,26)15-20)22(24)14-27-21-6-4-5-17(2)18(21)3/h4-10,20H,11-15H2,1-3H3. The van der Waals surface area contributed by atoms with Crippen molar-refractivity contribution in [3.05, 3.63) is 64.7 Å². The summed E-state index contributed by atoms with van der Waals surface area (Å²) in [6.07, 6.45) is 0.476. The Morgan fingerprint density at radius 2 is 1.82 bits per heavy atom. The summed E-state index contributed by atoms with van der Waals surface area (Å²) >= 11 is 0. The monoisotopic (exact) mass is 401 g/mol. The van der Waals surface area contributed by atoms with Gasteiger partial charge in [-0.2, -0.15) is 0 Å². The lowest BCUT2D eigenvalue weighted by Crippen LogP contribution is -2.43. The molecule has 1 amide bonds. The third-order valence-corrected chi connectivity index (χ3v) is 7.10. The van der Waals surface area contributed by atoms with Gasteiger partial charge in [-0.15, -0.1) is 0 Å². The minimum absolute atomic E-state index is 0.0219. The van der Waals surface area contributed by atoms with Crippen molar-refractivity contribution in [2.45, 2.75) is 39.8 Å². The molecular formula is C22H27NO4S. The van der Waals surface area contributed by atoms with Gasteiger partial charge in [-0.3, -0.25) is 4.79 Å². The summed E-state index contributed by atoms with van der Waals surface area (Å²) in [5.41, 5.74) is 4.23. The quantitative estimate of drug-likeness (QED) is 0.746. The number of sulfone groups is 1. The molecule has 0 saturated carbocycles. The van der Waals surface area contributed by atoms with E-state index in [4.69, 9.17) is 4.74 Å². The molecule has 0 aromatic heterocycles. The lowest BCUT2D eigenvalue weighted by Gasteiger charge is -2.28. The number of hydrogen-bond donors (Lipinski definition) is 0. The van der Waals surface area contributed by atoms with Crippen LogP contribution in [0.25, 0.3) is 0 Å². The van der Waals surface area contributed by atoms with Crippen LogP contribution in [0.2, 0.25) is 0 Å². The van der Waals surface area contributed by atoms with Crippen molar-refractivity contribution in [3.63, 3.8) is 0 Å². The second-order valence-corrected chi connectivity index (χ2v) is 9.78. The molecule has 0 radical (unpaired) electrons. The number of nitrogens with zero attached hydrogens (tertiary/aromatic N) is 1. The molecule has 6 heteroatoms. The Bertz CT molecular complexity index is 951. The first kappa shape index (κ1) is 20.4. The Labute approximate surface area is 167 Å². The molecule has 0 spiro atoms. The number of benzene rings is 2. The normalized spacial score (nSPS) is 18.0. The van der Waals surface area contributed by atoms with Crippen LogP contribution in [0.15, 0.2) is 42.5 Å². The van der Waals surface area contributed by atoms with Crippen LogP contribution >= 0.6 is 0 Å². The van der Waals surface area contributed by atoms with Crippen LogP contribution in [-0.4, -0.2) is 43.4 Å². The van der Waals surface area contributed by atoms with Crippen LogP contribution in [0.5, 0.6) is 5.75 Å². The highest BCUT2D eigenvalue weighted by atomic mass is 32.2. The van der Waals surface area contributed by atoms with Crippen molar-refractivity contribution in [1.82, 2.24) is 4.90 Å². The van der Waals surface area contributed by atoms with Gasteiger partial charge in [0, 0.05) is 12.6 Å². The van der Waals surface area contributed by atoms with Gasteiger partial charge in [-0.25, -0.2) is 8.42 Å². The Hall–Kier alpha value is -2.34. The van der Waals surface area contributed by atoms with Crippen molar-refractivity contribution in [1.29, 1.82) is 0 Å². The van der Waals surface area contributed by atoms with E-state index in [2.05, 4.69) is 0 Å². The predicted octanol–water partition coefficient (Wildman–Crippen LogP) is 3.21. The first-order chi connectivity index (χ1) is 13.2. The summed E-state index contributed by atoms with van der Waals surface area (Å²) in [6, 6.07) is 13.4. The lowest BCUT2D eigenvalue weighted by molar-refractivity contribution is -0.136. The fourth-order valence-corrected chi connectivity index (χ4v) is 5.17. The maximum absolute atomic E-state index is 13.0. The topological polar surface area (TPSA) is 63.7 Å². The maximum atomic E-state index is 13.0. The number of carbonyl (C=O) groups is 1. The molecule has 5 nitrogen and oxygen atoms in total. The number of hydrogen-bond acceptors (Lipinski definition) is 4. The molecule has 1 atom stereocenters. The molecule has 1 aliphatic rings. The zero-order valence-electron chi connectivity index (χ0n) is 16.6. The third kappa shape index (κ3) is 4.93. The zero-order chi connectivity index (χ0) is 20.3. The predicted molar refractivity (Wildman–Crippen MR) is 110 cm³/mol. The van der Waals surface area contributed by atoms with Crippen molar-refractivity contribution in [3.8, 4) is 5.75 Å². The van der Waals surface area contributed by atoms with Crippen molar-refractivity contribution in [2.75, 3.05) is 18.1 Å². The van der Waals surface area contributed by atoms with E-state index in [-0.39, 0.29) is 30.1 Å². The van der Waals surface area contributed by atoms with Gasteiger partial charge in [0.2, 0.25) is 0 Å². The SMILES string of the molecule is Cc1ccc(CN(C(=O)COc2cccc(C)c2C)C2CCS(=O)(=O)C2)cc1. The lowest BCUT2D eigenvalue weighted by atomic mass is 10.1. The summed E-state index contributed by atoms with van der Waals surface area (Å²) < 4.78 is 29.7. The van der Waals surface area contributed by atoms with Gasteiger partial charge >= 0.3 is 0 Å². The van der Waals surface area contributed by atoms with Crippen molar-refractivity contribution >= 4 is 15.7 Å². The Morgan fingerprint density at radius 3 is 2.46 bits per heavy atom. The minimum Gasteiger partial charge on any atom is -0.483 e. The van der Waals surface area contributed by atoms with Gasteiger partial charge in [0.1, 0.15) is 5.75 Å². The summed E-state index contributed by atoms with van der Waals surface area (Å²) in [7, 11) is -3.09. The molecule has 0 aliphatic carbocycles. The first-order valence-electron chi connectivity index (χ1n) is 9.49. The van der Waals surface area contributed by atoms with Crippen LogP contribution in [0.4, 0.5) is 0 Å². The van der Waals surface area contributed by atoms with Gasteiger partial charge in [-0.1, -0.05) is 42.0 Å². The Morgan fingerprint density at radius 1 is 1.11 bits per heavy atom. The van der Waals surface area contributed by atoms with E-state index in [9.17, 15) is 13.2 Å². The van der Waals surface area contributed by atoms with E-state index in [1.165, 1.54) is 0 Å². The number of amides is 1. The van der Waals surface area contributed by atoms with E-state index >= 15 is 0 Å². The highest BCUT2D eigenvalue weighted by molar-refractivity contribution is 7.91. The van der Waals surface area contributed by atoms with Crippen LogP contribution in [-0.2, 0) is 21.2 Å². The van der Waals surface area contributed by atoms with Gasteiger partial charge in [-0.05, 0) is 49.9 Å². The van der Waals surface area contributed by atoms with Gasteiger partial charge < -0.3 is 9.64 Å². The number of ether oxygens (including phenoxy) is 1. The molecule has 1 saturated heterocycles. The number of aryl methyl sites for hydroxylation is 2. The molecule has 1 fully saturated rings. The minimum atomic E-state index is -3.09. The Kier molecular flexibility index (Phi) is 6.08. The van der Waals surface area contributed by atoms with E-state index in [1.807, 2.05) is 63.2 Å². The van der Waals surface area contributed by atoms with E-state index in [0.29, 0.717) is 18.7 Å². The zero-order valence-corrected chi connectivity index (χ0v) is 17.5. The summed E-state index contributed by atoms with van der Waals surface area (Å²) in [5, 5.41) is 0. The van der Waals surface area contributed by atoms with E-state index < -0.39 is 9.84 Å². The molecule has 0 N–H and O–H groups in total. The van der Waals surface area contributed by atoms with E-state index in [1.54, 1.807) is 4.90 Å². The molecule has 1 unspecified atom stereocenters. The molecule has 0 bridgehead atoms. The van der Waals surface area contributed by atoms with Crippen molar-refractivity contribution in [2.24, 2.45) is 0 Å². The molecular weight excluding hydrogens is 374 g/mol. The molecule has 1 heterocycles. The van der Waals surface area contributed by atoms with Crippen LogP contribution in [0.1, 0.15) is 28.7 Å². The highest BCUT2D eigenvalue weighted by Crippen LogP contribution is 2.23. The van der Waals surface area contributed by atoms with Gasteiger partial charge in [0.05, 0.1) is 11.5 Å². The largest absolute Gasteiger partial charge is 0.483 e.